The topological polar surface area (TPSA) is 22.0 Å². The van der Waals surface area contributed by atoms with Crippen molar-refractivity contribution in [1.29, 1.82) is 0 Å². The van der Waals surface area contributed by atoms with Gasteiger partial charge in [-0.15, -0.1) is 0 Å². The lowest BCUT2D eigenvalue weighted by atomic mass is 10.0. The van der Waals surface area contributed by atoms with E-state index in [0.717, 1.165) is 36.8 Å². The normalized spacial score (nSPS) is 11.6. The van der Waals surface area contributed by atoms with Gasteiger partial charge in [0.25, 0.3) is 5.56 Å². The van der Waals surface area contributed by atoms with Gasteiger partial charge >= 0.3 is 0 Å². The van der Waals surface area contributed by atoms with Crippen molar-refractivity contribution in [3.8, 4) is 11.1 Å². The number of aromatic nitrogens is 1. The summed E-state index contributed by atoms with van der Waals surface area (Å²) in [6.45, 7) is 4.92. The summed E-state index contributed by atoms with van der Waals surface area (Å²) >= 11 is 0. The highest BCUT2D eigenvalue weighted by Gasteiger charge is 2.08. The molecule has 3 rings (SSSR count). The molecule has 3 aromatic rings. The number of rotatable bonds is 8. The van der Waals surface area contributed by atoms with Crippen LogP contribution in [0.1, 0.15) is 50.7 Å². The molecule has 144 valence electrons. The van der Waals surface area contributed by atoms with E-state index in [-0.39, 0.29) is 5.56 Å². The molecule has 2 heteroatoms. The minimum atomic E-state index is 0.102. The summed E-state index contributed by atoms with van der Waals surface area (Å²) in [7, 11) is 0. The predicted octanol–water partition coefficient (Wildman–Crippen LogP) is 6.55. The van der Waals surface area contributed by atoms with Gasteiger partial charge < -0.3 is 4.57 Å². The highest BCUT2D eigenvalue weighted by atomic mass is 16.1. The molecule has 0 aliphatic carbocycles. The van der Waals surface area contributed by atoms with Crippen LogP contribution >= 0.6 is 0 Å². The largest absolute Gasteiger partial charge is 0.311 e. The Morgan fingerprint density at radius 3 is 2.25 bits per heavy atom. The Labute approximate surface area is 168 Å². The quantitative estimate of drug-likeness (QED) is 0.440. The second kappa shape index (κ2) is 9.89. The lowest BCUT2D eigenvalue weighted by molar-refractivity contribution is 0.755. The third kappa shape index (κ3) is 4.89. The molecular formula is C26H29NO. The molecule has 2 aromatic carbocycles. The van der Waals surface area contributed by atoms with Crippen molar-refractivity contribution in [3.63, 3.8) is 0 Å². The van der Waals surface area contributed by atoms with Crippen LogP contribution in [-0.2, 0) is 6.54 Å². The summed E-state index contributed by atoms with van der Waals surface area (Å²) in [4.78, 5) is 13.1. The van der Waals surface area contributed by atoms with Crippen LogP contribution in [0.3, 0.4) is 0 Å². The van der Waals surface area contributed by atoms with Crippen molar-refractivity contribution in [2.75, 3.05) is 0 Å². The van der Waals surface area contributed by atoms with Crippen LogP contribution in [0, 0.1) is 0 Å². The molecule has 1 heterocycles. The van der Waals surface area contributed by atoms with E-state index >= 15 is 0 Å². The van der Waals surface area contributed by atoms with Crippen LogP contribution in [-0.4, -0.2) is 4.57 Å². The Bertz CT molecular complexity index is 965. The van der Waals surface area contributed by atoms with Gasteiger partial charge in [0.2, 0.25) is 0 Å². The fourth-order valence-corrected chi connectivity index (χ4v) is 3.47. The van der Waals surface area contributed by atoms with Gasteiger partial charge in [0.1, 0.15) is 0 Å². The minimum Gasteiger partial charge on any atom is -0.311 e. The van der Waals surface area contributed by atoms with Crippen molar-refractivity contribution in [2.45, 2.75) is 46.1 Å². The highest BCUT2D eigenvalue weighted by molar-refractivity contribution is 5.65. The molecule has 0 fully saturated rings. The van der Waals surface area contributed by atoms with E-state index in [0.29, 0.717) is 6.54 Å². The van der Waals surface area contributed by atoms with Gasteiger partial charge in [-0.1, -0.05) is 87.4 Å². The van der Waals surface area contributed by atoms with Gasteiger partial charge in [-0.3, -0.25) is 4.79 Å². The smallest absolute Gasteiger partial charge is 0.258 e. The fourth-order valence-electron chi connectivity index (χ4n) is 3.47. The summed E-state index contributed by atoms with van der Waals surface area (Å²) in [5.74, 6) is 0. The molecule has 0 aliphatic heterocycles. The maximum absolute atomic E-state index is 13.1. The van der Waals surface area contributed by atoms with Crippen LogP contribution in [0.15, 0.2) is 83.8 Å². The maximum Gasteiger partial charge on any atom is 0.258 e. The van der Waals surface area contributed by atoms with Gasteiger partial charge in [-0.25, -0.2) is 0 Å². The molecule has 0 amide bonds. The zero-order valence-corrected chi connectivity index (χ0v) is 16.9. The summed E-state index contributed by atoms with van der Waals surface area (Å²) in [6.07, 6.45) is 8.24. The number of benzene rings is 2. The standard InChI is InChI=1S/C26H29NO/c1-3-5-11-24(10-4-2)25-14-9-19-27(26(25)28)20-21-15-17-23(18-16-21)22-12-7-6-8-13-22/h6-9,11-19H,3-5,10,20H2,1-2H3/b24-11+. The molecule has 0 saturated heterocycles. The summed E-state index contributed by atoms with van der Waals surface area (Å²) in [6, 6.07) is 22.8. The minimum absolute atomic E-state index is 0.102. The molecular weight excluding hydrogens is 342 g/mol. The molecule has 0 saturated carbocycles. The van der Waals surface area contributed by atoms with Gasteiger partial charge in [0, 0.05) is 11.8 Å². The zero-order chi connectivity index (χ0) is 19.8. The molecule has 1 aromatic heterocycles. The molecule has 0 unspecified atom stereocenters. The van der Waals surface area contributed by atoms with Gasteiger partial charge in [-0.05, 0) is 47.2 Å². The highest BCUT2D eigenvalue weighted by Crippen LogP contribution is 2.20. The van der Waals surface area contributed by atoms with E-state index in [2.05, 4.69) is 56.3 Å². The van der Waals surface area contributed by atoms with Crippen LogP contribution in [0.2, 0.25) is 0 Å². The second-order valence-electron chi connectivity index (χ2n) is 7.19. The molecule has 2 nitrogen and oxygen atoms in total. The Balaban J connectivity index is 1.84. The number of unbranched alkanes of at least 4 members (excludes halogenated alkanes) is 1. The van der Waals surface area contributed by atoms with E-state index in [4.69, 9.17) is 0 Å². The number of pyridine rings is 1. The van der Waals surface area contributed by atoms with E-state index in [1.54, 1.807) is 0 Å². The molecule has 28 heavy (non-hydrogen) atoms. The van der Waals surface area contributed by atoms with E-state index in [1.807, 2.05) is 41.1 Å². The Hall–Kier alpha value is -2.87. The molecule has 0 bridgehead atoms. The molecule has 0 radical (unpaired) electrons. The predicted molar refractivity (Wildman–Crippen MR) is 119 cm³/mol. The Morgan fingerprint density at radius 1 is 0.857 bits per heavy atom. The van der Waals surface area contributed by atoms with Gasteiger partial charge in [0.05, 0.1) is 6.54 Å². The third-order valence-electron chi connectivity index (χ3n) is 4.98. The lowest BCUT2D eigenvalue weighted by Crippen LogP contribution is -2.23. The second-order valence-corrected chi connectivity index (χ2v) is 7.19. The molecule has 0 N–H and O–H groups in total. The van der Waals surface area contributed by atoms with E-state index in [1.165, 1.54) is 16.7 Å². The first-order valence-electron chi connectivity index (χ1n) is 10.3. The maximum atomic E-state index is 13.1. The molecule has 0 aliphatic rings. The first-order chi connectivity index (χ1) is 13.7. The van der Waals surface area contributed by atoms with Crippen LogP contribution < -0.4 is 5.56 Å². The van der Waals surface area contributed by atoms with Crippen molar-refractivity contribution in [3.05, 3.63) is 100 Å². The summed E-state index contributed by atoms with van der Waals surface area (Å²) in [5, 5.41) is 0. The lowest BCUT2D eigenvalue weighted by Gasteiger charge is -2.11. The van der Waals surface area contributed by atoms with Crippen LogP contribution in [0.4, 0.5) is 0 Å². The SMILES string of the molecule is CCC/C=C(\CCC)c1cccn(Cc2ccc(-c3ccccc3)cc2)c1=O. The Morgan fingerprint density at radius 2 is 1.57 bits per heavy atom. The van der Waals surface area contributed by atoms with Crippen LogP contribution in [0.25, 0.3) is 16.7 Å². The molecule has 0 atom stereocenters. The average Bonchev–Trinajstić information content (AvgIpc) is 2.74. The van der Waals surface area contributed by atoms with E-state index < -0.39 is 0 Å². The van der Waals surface area contributed by atoms with Crippen molar-refractivity contribution in [2.24, 2.45) is 0 Å². The van der Waals surface area contributed by atoms with Gasteiger partial charge in [-0.2, -0.15) is 0 Å². The number of hydrogen-bond acceptors (Lipinski definition) is 1. The summed E-state index contributed by atoms with van der Waals surface area (Å²) < 4.78 is 1.82. The van der Waals surface area contributed by atoms with Crippen LogP contribution in [0.5, 0.6) is 0 Å². The molecule has 0 spiro atoms. The zero-order valence-electron chi connectivity index (χ0n) is 16.9. The van der Waals surface area contributed by atoms with E-state index in [9.17, 15) is 4.79 Å². The number of nitrogens with zero attached hydrogens (tertiary/aromatic N) is 1. The third-order valence-corrected chi connectivity index (χ3v) is 4.98. The number of hydrogen-bond donors (Lipinski definition) is 0. The number of allylic oxidation sites excluding steroid dienone is 2. The Kier molecular flexibility index (Phi) is 7.02. The monoisotopic (exact) mass is 371 g/mol. The van der Waals surface area contributed by atoms with Crippen molar-refractivity contribution in [1.82, 2.24) is 4.57 Å². The first-order valence-corrected chi connectivity index (χ1v) is 10.3. The van der Waals surface area contributed by atoms with Crippen molar-refractivity contribution >= 4 is 5.57 Å². The first kappa shape index (κ1) is 19.9. The van der Waals surface area contributed by atoms with Crippen molar-refractivity contribution < 1.29 is 0 Å². The van der Waals surface area contributed by atoms with Gasteiger partial charge in [0.15, 0.2) is 0 Å². The fraction of sp³-hybridized carbons (Fsp3) is 0.269. The summed E-state index contributed by atoms with van der Waals surface area (Å²) in [5.41, 5.74) is 5.66. The average molecular weight is 372 g/mol.